The number of nitrogens with zero attached hydrogens (tertiary/aromatic N) is 2. The Labute approximate surface area is 235 Å². The van der Waals surface area contributed by atoms with E-state index in [4.69, 9.17) is 32.3 Å². The van der Waals surface area contributed by atoms with Gasteiger partial charge in [0.2, 0.25) is 0 Å². The normalized spacial score (nSPS) is 44.2. The van der Waals surface area contributed by atoms with Crippen molar-refractivity contribution >= 4 is 5.71 Å². The average molecular weight is 507 g/mol. The number of halogens is 3. The Bertz CT molecular complexity index is 1810. The lowest BCUT2D eigenvalue weighted by atomic mass is 9.78. The Balaban J connectivity index is 1.72. The minimum absolute atomic E-state index is 0.0362. The van der Waals surface area contributed by atoms with E-state index in [1.807, 2.05) is 0 Å². The van der Waals surface area contributed by atoms with Gasteiger partial charge in [-0.25, -0.2) is 0 Å². The second-order valence-corrected chi connectivity index (χ2v) is 7.81. The lowest BCUT2D eigenvalue weighted by Gasteiger charge is -2.31. The molecule has 1 aliphatic heterocycles. The number of aryl methyl sites for hydroxylation is 1. The van der Waals surface area contributed by atoms with E-state index in [-0.39, 0.29) is 22.4 Å². The van der Waals surface area contributed by atoms with Crippen LogP contribution in [0.4, 0.5) is 13.2 Å². The lowest BCUT2D eigenvalue weighted by Crippen LogP contribution is -2.36. The number of likely N-dealkylation sites (tertiary alicyclic amines) is 1. The zero-order chi connectivity index (χ0) is 42.8. The van der Waals surface area contributed by atoms with E-state index in [1.165, 1.54) is 19.1 Å². The van der Waals surface area contributed by atoms with Crippen molar-refractivity contribution in [1.82, 2.24) is 4.90 Å². The summed E-state index contributed by atoms with van der Waals surface area (Å²) in [6.45, 7) is -7.71. The molecule has 35 heavy (non-hydrogen) atoms. The van der Waals surface area contributed by atoms with Crippen LogP contribution in [-0.4, -0.2) is 23.6 Å². The molecule has 0 bridgehead atoms. The topological polar surface area (TPSA) is 24.8 Å². The van der Waals surface area contributed by atoms with E-state index >= 15 is 0 Å². The summed E-state index contributed by atoms with van der Waals surface area (Å²) in [5, 5.41) is 3.81. The summed E-state index contributed by atoms with van der Waals surface area (Å²) >= 11 is 0. The highest BCUT2D eigenvalue weighted by molar-refractivity contribution is 5.98. The Morgan fingerprint density at radius 3 is 2.66 bits per heavy atom. The van der Waals surface area contributed by atoms with Crippen LogP contribution >= 0.6 is 0 Å². The quantitative estimate of drug-likeness (QED) is 0.271. The van der Waals surface area contributed by atoms with Crippen molar-refractivity contribution in [2.24, 2.45) is 11.0 Å². The largest absolute Gasteiger partial charge is 0.416 e. The number of hydrogen-bond donors (Lipinski definition) is 0. The van der Waals surface area contributed by atoms with E-state index in [0.717, 1.165) is 12.1 Å². The maximum Gasteiger partial charge on any atom is 0.416 e. The maximum absolute atomic E-state index is 14.6. The van der Waals surface area contributed by atoms with Gasteiger partial charge >= 0.3 is 6.18 Å². The predicted molar refractivity (Wildman–Crippen MR) is 135 cm³/mol. The van der Waals surface area contributed by atoms with E-state index in [9.17, 15) is 13.2 Å². The van der Waals surface area contributed by atoms with Gasteiger partial charge in [0.15, 0.2) is 0 Å². The molecule has 1 saturated carbocycles. The standard InChI is InChI=1S/C29H37F3N2O/c1-4-23-17-25(11-12-26(23)18-34-14-5-15-34)21(3)33-35-19-22-8-13-27(28(16-22)29(30,31)32)24-9-6-20(2)7-10-24/h8,11-13,16-17,20,24H,4-7,9-10,14-15,18-19H2,1-3H3/b33-21+/i1D3,4D2,5D,6D2,7D2,9D2,10D2,14D2,15D2,20D,24D. The lowest BCUT2D eigenvalue weighted by molar-refractivity contribution is -0.138. The molecule has 0 radical (unpaired) electrons. The van der Waals surface area contributed by atoms with E-state index in [0.29, 0.717) is 24.0 Å². The zero-order valence-corrected chi connectivity index (χ0v) is 18.9. The SMILES string of the molecule is [2H]C1C([2H])([2H])N(Cc2ccc(/C(C)=N/OCc3ccc(C4([2H])C([2H])([2H])C([2H])([2H])C([2H])(C)C([2H])([2H])C4([2H])[2H])c(C(F)(F)F)c3)cc2C([2H])([2H])C([2H])([2H])[2H])C1([2H])[2H]. The van der Waals surface area contributed by atoms with E-state index < -0.39 is 106 Å². The van der Waals surface area contributed by atoms with Crippen molar-refractivity contribution in [3.63, 3.8) is 0 Å². The Kier molecular flexibility index (Phi) is 3.37. The van der Waals surface area contributed by atoms with Crippen molar-refractivity contribution in [2.45, 2.75) is 84.2 Å². The van der Waals surface area contributed by atoms with Gasteiger partial charge in [0.1, 0.15) is 6.61 Å². The van der Waals surface area contributed by atoms with Crippen molar-refractivity contribution in [3.05, 3.63) is 69.8 Å². The predicted octanol–water partition coefficient (Wildman–Crippen LogP) is 7.71. The fraction of sp³-hybridized carbons (Fsp3) is 0.552. The van der Waals surface area contributed by atoms with E-state index in [2.05, 4.69) is 5.16 Å². The van der Waals surface area contributed by atoms with Crippen LogP contribution < -0.4 is 0 Å². The highest BCUT2D eigenvalue weighted by Crippen LogP contribution is 2.42. The van der Waals surface area contributed by atoms with Crippen molar-refractivity contribution in [3.8, 4) is 0 Å². The molecule has 0 spiro atoms. The summed E-state index contributed by atoms with van der Waals surface area (Å²) in [5.74, 6) is -7.11. The fourth-order valence-electron chi connectivity index (χ4n) is 3.37. The van der Waals surface area contributed by atoms with Gasteiger partial charge < -0.3 is 4.84 Å². The van der Waals surface area contributed by atoms with Crippen LogP contribution in [0.1, 0.15) is 119 Å². The Morgan fingerprint density at radius 1 is 1.17 bits per heavy atom. The van der Waals surface area contributed by atoms with Crippen molar-refractivity contribution in [1.29, 1.82) is 0 Å². The molecule has 3 nitrogen and oxygen atoms in total. The smallest absolute Gasteiger partial charge is 0.391 e. The van der Waals surface area contributed by atoms with Gasteiger partial charge in [-0.15, -0.1) is 0 Å². The van der Waals surface area contributed by atoms with Gasteiger partial charge in [0.05, 0.1) is 11.3 Å². The first-order valence-corrected chi connectivity index (χ1v) is 10.5. The molecule has 0 aromatic heterocycles. The van der Waals surface area contributed by atoms with Crippen LogP contribution in [0.15, 0.2) is 41.6 Å². The molecule has 6 heteroatoms. The summed E-state index contributed by atoms with van der Waals surface area (Å²) in [5.41, 5.74) is -4.22. The minimum atomic E-state index is -5.43. The summed E-state index contributed by atoms with van der Waals surface area (Å²) < 4.78 is 208. The molecule has 0 atom stereocenters. The van der Waals surface area contributed by atoms with Gasteiger partial charge in [-0.05, 0) is 97.2 Å². The summed E-state index contributed by atoms with van der Waals surface area (Å²) in [6.07, 6.45) is -25.5. The van der Waals surface area contributed by atoms with E-state index in [1.54, 1.807) is 0 Å². The molecule has 0 amide bonds. The van der Waals surface area contributed by atoms with Crippen LogP contribution in [0.2, 0.25) is 0 Å². The highest BCUT2D eigenvalue weighted by Gasteiger charge is 2.36. The van der Waals surface area contributed by atoms with Gasteiger partial charge in [0, 0.05) is 34.0 Å². The molecule has 4 rings (SSSR count). The van der Waals surface area contributed by atoms with Crippen LogP contribution in [0.3, 0.4) is 0 Å². The first-order chi connectivity index (χ1) is 24.3. The number of hydrogen-bond acceptors (Lipinski definition) is 3. The number of alkyl halides is 3. The van der Waals surface area contributed by atoms with Crippen LogP contribution in [0, 0.1) is 5.89 Å². The number of benzene rings is 2. The maximum atomic E-state index is 14.6. The molecular formula is C29H37F3N2O. The third-order valence-corrected chi connectivity index (χ3v) is 5.27. The third kappa shape index (κ3) is 6.46. The fourth-order valence-corrected chi connectivity index (χ4v) is 3.37. The van der Waals surface area contributed by atoms with Crippen LogP contribution in [0.25, 0.3) is 0 Å². The van der Waals surface area contributed by atoms with Gasteiger partial charge in [-0.2, -0.15) is 13.2 Å². The monoisotopic (exact) mass is 506 g/mol. The Hall–Kier alpha value is -2.34. The minimum Gasteiger partial charge on any atom is -0.391 e. The molecule has 2 fully saturated rings. The Morgan fingerprint density at radius 2 is 1.94 bits per heavy atom. The molecule has 0 unspecified atom stereocenters. The molecule has 0 N–H and O–H groups in total. The molecule has 2 aliphatic rings. The van der Waals surface area contributed by atoms with Crippen LogP contribution in [-0.2, 0) is 30.5 Å². The van der Waals surface area contributed by atoms with Crippen molar-refractivity contribution < 1.29 is 45.4 Å². The highest BCUT2D eigenvalue weighted by atomic mass is 19.4. The first-order valence-electron chi connectivity index (χ1n) is 20.6. The van der Waals surface area contributed by atoms with Crippen molar-refractivity contribution in [2.75, 3.05) is 13.0 Å². The number of rotatable bonds is 8. The first kappa shape index (κ1) is 10.6. The van der Waals surface area contributed by atoms with Gasteiger partial charge in [0.25, 0.3) is 0 Å². The third-order valence-electron chi connectivity index (χ3n) is 5.27. The molecule has 2 aromatic rings. The zero-order valence-electron chi connectivity index (χ0n) is 38.9. The molecule has 1 heterocycles. The summed E-state index contributed by atoms with van der Waals surface area (Å²) in [4.78, 5) is 5.86. The molecule has 190 valence electrons. The average Bonchev–Trinajstić information content (AvgIpc) is 3.04. The molecule has 1 aliphatic carbocycles. The second kappa shape index (κ2) is 11.2. The molecular weight excluding hydrogens is 449 g/mol. The summed E-state index contributed by atoms with van der Waals surface area (Å²) in [7, 11) is 0. The number of oxime groups is 1. The van der Waals surface area contributed by atoms with Crippen LogP contribution in [0.5, 0.6) is 0 Å². The second-order valence-electron chi connectivity index (χ2n) is 7.81. The van der Waals surface area contributed by atoms with Gasteiger partial charge in [-0.3, -0.25) is 4.90 Å². The summed E-state index contributed by atoms with van der Waals surface area (Å²) in [6, 6.07) is 5.32. The molecule has 2 aromatic carbocycles. The molecule has 1 saturated heterocycles. The van der Waals surface area contributed by atoms with Gasteiger partial charge in [-0.1, -0.05) is 55.9 Å².